The SMILES string of the molecule is O=C(O)c1ccc2ncc(C(F)(F)F)c(-c3ccc(F)cc3F)c2c1. The molecule has 0 saturated heterocycles. The largest absolute Gasteiger partial charge is 0.478 e. The first-order valence-electron chi connectivity index (χ1n) is 6.87. The summed E-state index contributed by atoms with van der Waals surface area (Å²) < 4.78 is 67.4. The van der Waals surface area contributed by atoms with Gasteiger partial charge in [-0.25, -0.2) is 13.6 Å². The minimum atomic E-state index is -4.86. The lowest BCUT2D eigenvalue weighted by molar-refractivity contribution is -0.137. The Morgan fingerprint density at radius 2 is 1.76 bits per heavy atom. The van der Waals surface area contributed by atoms with E-state index in [1.165, 1.54) is 12.1 Å². The van der Waals surface area contributed by atoms with E-state index in [1.54, 1.807) is 0 Å². The summed E-state index contributed by atoms with van der Waals surface area (Å²) in [5.74, 6) is -3.50. The molecule has 0 aliphatic carbocycles. The van der Waals surface area contributed by atoms with E-state index in [1.807, 2.05) is 0 Å². The van der Waals surface area contributed by atoms with Crippen molar-refractivity contribution in [3.05, 3.63) is 65.4 Å². The maximum absolute atomic E-state index is 14.1. The number of nitrogens with zero attached hydrogens (tertiary/aromatic N) is 1. The Kier molecular flexibility index (Phi) is 3.90. The van der Waals surface area contributed by atoms with Crippen LogP contribution in [0.5, 0.6) is 0 Å². The number of aromatic carboxylic acids is 1. The number of rotatable bonds is 2. The highest BCUT2D eigenvalue weighted by atomic mass is 19.4. The number of halogens is 5. The third kappa shape index (κ3) is 3.02. The predicted molar refractivity (Wildman–Crippen MR) is 79.1 cm³/mol. The number of carbonyl (C=O) groups is 1. The second kappa shape index (κ2) is 5.80. The van der Waals surface area contributed by atoms with Gasteiger partial charge in [-0.3, -0.25) is 4.98 Å². The van der Waals surface area contributed by atoms with Gasteiger partial charge in [-0.1, -0.05) is 0 Å². The van der Waals surface area contributed by atoms with Crippen LogP contribution in [0.25, 0.3) is 22.0 Å². The molecule has 3 nitrogen and oxygen atoms in total. The molecule has 0 amide bonds. The van der Waals surface area contributed by atoms with E-state index >= 15 is 0 Å². The summed E-state index contributed by atoms with van der Waals surface area (Å²) in [4.78, 5) is 14.8. The Morgan fingerprint density at radius 1 is 1.04 bits per heavy atom. The molecule has 0 fully saturated rings. The van der Waals surface area contributed by atoms with Gasteiger partial charge in [0.1, 0.15) is 11.6 Å². The van der Waals surface area contributed by atoms with Crippen LogP contribution in [0.1, 0.15) is 15.9 Å². The van der Waals surface area contributed by atoms with Crippen molar-refractivity contribution in [1.82, 2.24) is 4.98 Å². The molecule has 0 unspecified atom stereocenters. The molecule has 1 heterocycles. The lowest BCUT2D eigenvalue weighted by Gasteiger charge is -2.16. The first kappa shape index (κ1) is 16.8. The maximum Gasteiger partial charge on any atom is 0.418 e. The molecule has 3 rings (SSSR count). The van der Waals surface area contributed by atoms with E-state index in [4.69, 9.17) is 5.11 Å². The number of alkyl halides is 3. The van der Waals surface area contributed by atoms with Crippen LogP contribution in [0.3, 0.4) is 0 Å². The number of fused-ring (bicyclic) bond motifs is 1. The number of benzene rings is 2. The topological polar surface area (TPSA) is 50.2 Å². The Balaban J connectivity index is 2.46. The summed E-state index contributed by atoms with van der Waals surface area (Å²) in [7, 11) is 0. The van der Waals surface area contributed by atoms with Crippen LogP contribution in [0.15, 0.2) is 42.6 Å². The fourth-order valence-corrected chi connectivity index (χ4v) is 2.52. The molecular weight excluding hydrogens is 345 g/mol. The quantitative estimate of drug-likeness (QED) is 0.667. The van der Waals surface area contributed by atoms with Crippen molar-refractivity contribution in [1.29, 1.82) is 0 Å². The van der Waals surface area contributed by atoms with E-state index in [-0.39, 0.29) is 16.5 Å². The fraction of sp³-hybridized carbons (Fsp3) is 0.0588. The Bertz CT molecular complexity index is 998. The van der Waals surface area contributed by atoms with Crippen LogP contribution in [0, 0.1) is 11.6 Å². The van der Waals surface area contributed by atoms with Crippen molar-refractivity contribution in [2.45, 2.75) is 6.18 Å². The van der Waals surface area contributed by atoms with Gasteiger partial charge in [0.25, 0.3) is 0 Å². The van der Waals surface area contributed by atoms with Gasteiger partial charge in [0.2, 0.25) is 0 Å². The predicted octanol–water partition coefficient (Wildman–Crippen LogP) is 4.90. The molecule has 0 aliphatic heterocycles. The van der Waals surface area contributed by atoms with Gasteiger partial charge >= 0.3 is 12.1 Å². The minimum absolute atomic E-state index is 0.0525. The standard InChI is InChI=1S/C17H8F5NO2/c18-9-2-3-10(13(19)6-9)15-11-5-8(16(24)25)1-4-14(11)23-7-12(15)17(20,21)22/h1-7H,(H,24,25). The maximum atomic E-state index is 14.1. The van der Waals surface area contributed by atoms with Gasteiger partial charge in [-0.15, -0.1) is 0 Å². The van der Waals surface area contributed by atoms with Gasteiger partial charge in [0, 0.05) is 28.8 Å². The number of aromatic nitrogens is 1. The third-order valence-electron chi connectivity index (χ3n) is 3.62. The van der Waals surface area contributed by atoms with Gasteiger partial charge in [0.05, 0.1) is 16.6 Å². The average molecular weight is 353 g/mol. The highest BCUT2D eigenvalue weighted by Crippen LogP contribution is 2.41. The number of carboxylic acids is 1. The first-order chi connectivity index (χ1) is 11.7. The van der Waals surface area contributed by atoms with Gasteiger partial charge < -0.3 is 5.11 Å². The molecule has 2 aromatic carbocycles. The third-order valence-corrected chi connectivity index (χ3v) is 3.62. The van der Waals surface area contributed by atoms with Gasteiger partial charge in [-0.2, -0.15) is 13.2 Å². The summed E-state index contributed by atoms with van der Waals surface area (Å²) in [6.45, 7) is 0. The second-order valence-electron chi connectivity index (χ2n) is 5.21. The summed E-state index contributed by atoms with van der Waals surface area (Å²) in [6, 6.07) is 5.55. The molecule has 1 N–H and O–H groups in total. The van der Waals surface area contributed by atoms with Crippen molar-refractivity contribution in [3.8, 4) is 11.1 Å². The Morgan fingerprint density at radius 3 is 2.36 bits per heavy atom. The average Bonchev–Trinajstić information content (AvgIpc) is 2.52. The molecule has 0 saturated carbocycles. The zero-order valence-electron chi connectivity index (χ0n) is 12.2. The van der Waals surface area contributed by atoms with Crippen LogP contribution >= 0.6 is 0 Å². The Labute approximate surface area is 137 Å². The van der Waals surface area contributed by atoms with Crippen molar-refractivity contribution in [3.63, 3.8) is 0 Å². The van der Waals surface area contributed by atoms with E-state index < -0.39 is 40.5 Å². The molecule has 0 aliphatic rings. The zero-order chi connectivity index (χ0) is 18.4. The van der Waals surface area contributed by atoms with E-state index in [0.717, 1.165) is 18.2 Å². The van der Waals surface area contributed by atoms with Crippen LogP contribution < -0.4 is 0 Å². The number of hydrogen-bond acceptors (Lipinski definition) is 2. The summed E-state index contributed by atoms with van der Waals surface area (Å²) in [6.07, 6.45) is -4.32. The minimum Gasteiger partial charge on any atom is -0.478 e. The molecular formula is C17H8F5NO2. The first-order valence-corrected chi connectivity index (χ1v) is 6.87. The molecule has 3 aromatic rings. The summed E-state index contributed by atoms with van der Waals surface area (Å²) >= 11 is 0. The molecule has 8 heteroatoms. The number of hydrogen-bond donors (Lipinski definition) is 1. The van der Waals surface area contributed by atoms with Crippen LogP contribution in [0.4, 0.5) is 22.0 Å². The van der Waals surface area contributed by atoms with Crippen LogP contribution in [0.2, 0.25) is 0 Å². The van der Waals surface area contributed by atoms with Crippen molar-refractivity contribution in [2.75, 3.05) is 0 Å². The smallest absolute Gasteiger partial charge is 0.418 e. The van der Waals surface area contributed by atoms with Crippen molar-refractivity contribution >= 4 is 16.9 Å². The van der Waals surface area contributed by atoms with Gasteiger partial charge in [0.15, 0.2) is 0 Å². The molecule has 0 spiro atoms. The number of carboxylic acid groups (broad SMARTS) is 1. The lowest BCUT2D eigenvalue weighted by atomic mass is 9.94. The lowest BCUT2D eigenvalue weighted by Crippen LogP contribution is -2.09. The molecule has 1 aromatic heterocycles. The Hall–Kier alpha value is -3.03. The summed E-state index contributed by atoms with van der Waals surface area (Å²) in [5, 5.41) is 8.87. The number of pyridine rings is 1. The second-order valence-corrected chi connectivity index (χ2v) is 5.21. The molecule has 25 heavy (non-hydrogen) atoms. The highest BCUT2D eigenvalue weighted by Gasteiger charge is 2.36. The normalized spacial score (nSPS) is 11.7. The fourth-order valence-electron chi connectivity index (χ4n) is 2.52. The molecule has 0 atom stereocenters. The van der Waals surface area contributed by atoms with Crippen LogP contribution in [-0.4, -0.2) is 16.1 Å². The summed E-state index contributed by atoms with van der Waals surface area (Å²) in [5.41, 5.74) is -2.55. The highest BCUT2D eigenvalue weighted by molar-refractivity contribution is 6.01. The van der Waals surface area contributed by atoms with Gasteiger partial charge in [-0.05, 0) is 30.3 Å². The molecule has 128 valence electrons. The van der Waals surface area contributed by atoms with Crippen molar-refractivity contribution in [2.24, 2.45) is 0 Å². The van der Waals surface area contributed by atoms with E-state index in [0.29, 0.717) is 12.3 Å². The van der Waals surface area contributed by atoms with Crippen molar-refractivity contribution < 1.29 is 31.9 Å². The van der Waals surface area contributed by atoms with E-state index in [9.17, 15) is 26.7 Å². The van der Waals surface area contributed by atoms with Crippen LogP contribution in [-0.2, 0) is 6.18 Å². The monoisotopic (exact) mass is 353 g/mol. The molecule has 0 bridgehead atoms. The van der Waals surface area contributed by atoms with E-state index in [2.05, 4.69) is 4.98 Å². The zero-order valence-corrected chi connectivity index (χ0v) is 12.2. The molecule has 0 radical (unpaired) electrons.